The Morgan fingerprint density at radius 2 is 1.56 bits per heavy atom. The molecule has 0 bridgehead atoms. The van der Waals surface area contributed by atoms with E-state index in [0.717, 1.165) is 0 Å². The molecular weight excluding hydrogens is 338 g/mol. The van der Waals surface area contributed by atoms with Crippen molar-refractivity contribution in [3.05, 3.63) is 0 Å². The van der Waals surface area contributed by atoms with Crippen LogP contribution in [-0.4, -0.2) is 93.8 Å². The summed E-state index contributed by atoms with van der Waals surface area (Å²) < 4.78 is 15.6. The molecule has 2 aliphatic rings. The molecule has 2 aliphatic heterocycles. The van der Waals surface area contributed by atoms with Crippen LogP contribution in [0.4, 0.5) is 0 Å². The summed E-state index contributed by atoms with van der Waals surface area (Å²) in [5, 5.41) is 51.0. The van der Waals surface area contributed by atoms with Crippen molar-refractivity contribution in [1.29, 1.82) is 0 Å². The topological polar surface area (TPSA) is 158 Å². The highest BCUT2D eigenvalue weighted by Crippen LogP contribution is 2.25. The Morgan fingerprint density at radius 3 is 2.08 bits per heavy atom. The van der Waals surface area contributed by atoms with Gasteiger partial charge in [-0.25, -0.2) is 0 Å². The third-order valence-corrected chi connectivity index (χ3v) is 4.23. The van der Waals surface area contributed by atoms with Crippen LogP contribution in [0, 0.1) is 5.41 Å². The van der Waals surface area contributed by atoms with E-state index in [4.69, 9.17) is 14.2 Å². The quantitative estimate of drug-likeness (QED) is 0.300. The van der Waals surface area contributed by atoms with Crippen LogP contribution < -0.4 is 5.32 Å². The van der Waals surface area contributed by atoms with Crippen LogP contribution in [-0.2, 0) is 19.0 Å². The van der Waals surface area contributed by atoms with Gasteiger partial charge in [-0.05, 0) is 0 Å². The molecule has 2 heterocycles. The summed E-state index contributed by atoms with van der Waals surface area (Å²) in [6, 6.07) is 0. The second-order valence-corrected chi connectivity index (χ2v) is 7.36. The summed E-state index contributed by atoms with van der Waals surface area (Å²) in [6.07, 6.45) is -10.0. The van der Waals surface area contributed by atoms with E-state index in [-0.39, 0.29) is 19.1 Å². The van der Waals surface area contributed by atoms with Crippen molar-refractivity contribution in [2.24, 2.45) is 5.41 Å². The van der Waals surface area contributed by atoms with E-state index < -0.39 is 54.6 Å². The third-order valence-electron chi connectivity index (χ3n) is 4.23. The molecule has 0 aliphatic carbocycles. The standard InChI is InChI=1S/C15H27NO9/c1-15(2,3)14(22)16-4-6-8(17)11(20)13(25-6)23-5-7-9(18)10(19)12(21)24-7/h6-13,17-21H,4-5H2,1-3H3,(H,16,22)/t6-,7-,8-,9-,10+,11+,12+,13+/m1/s1. The number of hydrogen-bond acceptors (Lipinski definition) is 9. The number of rotatable bonds is 5. The summed E-state index contributed by atoms with van der Waals surface area (Å²) in [5.41, 5.74) is -0.601. The van der Waals surface area contributed by atoms with Crippen LogP contribution in [0.25, 0.3) is 0 Å². The number of aliphatic hydroxyl groups excluding tert-OH is 5. The maximum absolute atomic E-state index is 11.9. The van der Waals surface area contributed by atoms with Gasteiger partial charge in [0.2, 0.25) is 5.91 Å². The number of amides is 1. The van der Waals surface area contributed by atoms with Gasteiger partial charge in [-0.15, -0.1) is 0 Å². The fraction of sp³-hybridized carbons (Fsp3) is 0.933. The first-order chi connectivity index (χ1) is 11.5. The Hall–Kier alpha value is -0.850. The molecule has 0 aromatic carbocycles. The van der Waals surface area contributed by atoms with E-state index in [1.165, 1.54) is 0 Å². The fourth-order valence-corrected chi connectivity index (χ4v) is 2.54. The van der Waals surface area contributed by atoms with Crippen LogP contribution in [0.1, 0.15) is 20.8 Å². The van der Waals surface area contributed by atoms with Crippen molar-refractivity contribution in [1.82, 2.24) is 5.32 Å². The van der Waals surface area contributed by atoms with Gasteiger partial charge in [-0.1, -0.05) is 20.8 Å². The van der Waals surface area contributed by atoms with Crippen molar-refractivity contribution in [3.63, 3.8) is 0 Å². The summed E-state index contributed by atoms with van der Waals surface area (Å²) in [4.78, 5) is 11.9. The summed E-state index contributed by atoms with van der Waals surface area (Å²) in [6.45, 7) is 4.94. The van der Waals surface area contributed by atoms with Gasteiger partial charge in [0.1, 0.15) is 36.6 Å². The molecule has 0 aromatic heterocycles. The van der Waals surface area contributed by atoms with E-state index >= 15 is 0 Å². The van der Waals surface area contributed by atoms with Crippen LogP contribution in [0.2, 0.25) is 0 Å². The minimum Gasteiger partial charge on any atom is -0.387 e. The molecule has 0 unspecified atom stereocenters. The highest BCUT2D eigenvalue weighted by molar-refractivity contribution is 5.81. The molecule has 6 N–H and O–H groups in total. The second-order valence-electron chi connectivity index (χ2n) is 7.36. The lowest BCUT2D eigenvalue weighted by Gasteiger charge is -2.21. The molecule has 0 spiro atoms. The van der Waals surface area contributed by atoms with E-state index in [2.05, 4.69) is 5.32 Å². The number of hydrogen-bond donors (Lipinski definition) is 6. The summed E-state index contributed by atoms with van der Waals surface area (Å²) in [5.74, 6) is -0.229. The summed E-state index contributed by atoms with van der Waals surface area (Å²) in [7, 11) is 0. The van der Waals surface area contributed by atoms with Crippen molar-refractivity contribution in [3.8, 4) is 0 Å². The summed E-state index contributed by atoms with van der Waals surface area (Å²) >= 11 is 0. The van der Waals surface area contributed by atoms with E-state index in [1.807, 2.05) is 0 Å². The molecular formula is C15H27NO9. The minimum atomic E-state index is -1.52. The van der Waals surface area contributed by atoms with Crippen LogP contribution in [0.5, 0.6) is 0 Å². The zero-order chi connectivity index (χ0) is 18.9. The van der Waals surface area contributed by atoms with Gasteiger partial charge in [-0.3, -0.25) is 4.79 Å². The molecule has 2 rings (SSSR count). The van der Waals surface area contributed by atoms with Crippen molar-refractivity contribution in [2.45, 2.75) is 70.0 Å². The van der Waals surface area contributed by atoms with Crippen LogP contribution in [0.3, 0.4) is 0 Å². The largest absolute Gasteiger partial charge is 0.387 e. The van der Waals surface area contributed by atoms with Crippen molar-refractivity contribution in [2.75, 3.05) is 13.2 Å². The molecule has 10 nitrogen and oxygen atoms in total. The molecule has 0 saturated carbocycles. The Kier molecular flexibility index (Phi) is 6.39. The van der Waals surface area contributed by atoms with Crippen LogP contribution in [0.15, 0.2) is 0 Å². The predicted molar refractivity (Wildman–Crippen MR) is 82.0 cm³/mol. The number of ether oxygens (including phenoxy) is 3. The Balaban J connectivity index is 1.82. The number of carbonyl (C=O) groups is 1. The van der Waals surface area contributed by atoms with Gasteiger partial charge in [0.15, 0.2) is 12.6 Å². The zero-order valence-corrected chi connectivity index (χ0v) is 14.4. The molecule has 8 atom stereocenters. The normalized spacial score (nSPS) is 41.9. The van der Waals surface area contributed by atoms with Gasteiger partial charge >= 0.3 is 0 Å². The molecule has 0 radical (unpaired) electrons. The first kappa shape index (κ1) is 20.5. The van der Waals surface area contributed by atoms with Gasteiger partial charge in [0, 0.05) is 12.0 Å². The van der Waals surface area contributed by atoms with E-state index in [0.29, 0.717) is 0 Å². The average molecular weight is 365 g/mol. The van der Waals surface area contributed by atoms with E-state index in [9.17, 15) is 30.3 Å². The van der Waals surface area contributed by atoms with Gasteiger partial charge in [0.05, 0.1) is 6.61 Å². The smallest absolute Gasteiger partial charge is 0.225 e. The minimum absolute atomic E-state index is 0.00578. The van der Waals surface area contributed by atoms with Crippen molar-refractivity contribution < 1.29 is 44.5 Å². The lowest BCUT2D eigenvalue weighted by molar-refractivity contribution is -0.195. The Morgan fingerprint density at radius 1 is 0.960 bits per heavy atom. The average Bonchev–Trinajstić information content (AvgIpc) is 2.94. The zero-order valence-electron chi connectivity index (χ0n) is 14.4. The molecule has 146 valence electrons. The third kappa shape index (κ3) is 4.66. The number of carbonyl (C=O) groups excluding carboxylic acids is 1. The number of aliphatic hydroxyl groups is 5. The maximum atomic E-state index is 11.9. The molecule has 25 heavy (non-hydrogen) atoms. The SMILES string of the molecule is CC(C)(C)C(=O)NC[C@H]1O[C@H](OC[C@H]2O[C@H](O)[C@@H](O)[C@@H]2O)[C@@H](O)[C@@H]1O. The van der Waals surface area contributed by atoms with Gasteiger partial charge < -0.3 is 45.1 Å². The number of nitrogens with one attached hydrogen (secondary N) is 1. The molecule has 2 fully saturated rings. The van der Waals surface area contributed by atoms with Gasteiger partial charge in [-0.2, -0.15) is 0 Å². The predicted octanol–water partition coefficient (Wildman–Crippen LogP) is -2.95. The maximum Gasteiger partial charge on any atom is 0.225 e. The van der Waals surface area contributed by atoms with Gasteiger partial charge in [0.25, 0.3) is 0 Å². The lowest BCUT2D eigenvalue weighted by atomic mass is 9.95. The Bertz CT molecular complexity index is 468. The van der Waals surface area contributed by atoms with E-state index in [1.54, 1.807) is 20.8 Å². The van der Waals surface area contributed by atoms with Crippen LogP contribution >= 0.6 is 0 Å². The highest BCUT2D eigenvalue weighted by Gasteiger charge is 2.46. The monoisotopic (exact) mass is 365 g/mol. The highest BCUT2D eigenvalue weighted by atomic mass is 16.7. The lowest BCUT2D eigenvalue weighted by Crippen LogP contribution is -2.43. The molecule has 0 aromatic rings. The second kappa shape index (κ2) is 7.80. The fourth-order valence-electron chi connectivity index (χ4n) is 2.54. The van der Waals surface area contributed by atoms with Crippen molar-refractivity contribution >= 4 is 5.91 Å². The first-order valence-electron chi connectivity index (χ1n) is 8.13. The Labute approximate surface area is 145 Å². The first-order valence-corrected chi connectivity index (χ1v) is 8.13. The molecule has 1 amide bonds. The molecule has 2 saturated heterocycles. The molecule has 10 heteroatoms.